The van der Waals surface area contributed by atoms with Gasteiger partial charge in [-0.15, -0.1) is 11.3 Å². The van der Waals surface area contributed by atoms with Crippen molar-refractivity contribution < 1.29 is 16.8 Å². The minimum atomic E-state index is -3.82. The third-order valence-electron chi connectivity index (χ3n) is 4.10. The van der Waals surface area contributed by atoms with Gasteiger partial charge in [0.15, 0.2) is 5.13 Å². The molecular weight excluding hydrogens is 430 g/mol. The van der Waals surface area contributed by atoms with Gasteiger partial charge in [-0.25, -0.2) is 21.8 Å². The molecule has 0 saturated heterocycles. The molecule has 0 bridgehead atoms. The van der Waals surface area contributed by atoms with Crippen molar-refractivity contribution in [3.05, 3.63) is 78.3 Å². The predicted molar refractivity (Wildman–Crippen MR) is 114 cm³/mol. The van der Waals surface area contributed by atoms with Crippen LogP contribution < -0.4 is 9.44 Å². The Morgan fingerprint density at radius 2 is 1.38 bits per heavy atom. The first kappa shape index (κ1) is 19.4. The summed E-state index contributed by atoms with van der Waals surface area (Å²) in [5, 5.41) is 3.66. The minimum Gasteiger partial charge on any atom is -0.280 e. The molecule has 0 aliphatic carbocycles. The summed E-state index contributed by atoms with van der Waals surface area (Å²) in [6.07, 6.45) is 1.49. The standard InChI is InChI=1S/C19H15N3O4S3/c23-28(24,22-19-20-11-12-27-19)17-9-6-16(7-10-17)21-29(25,26)18-8-5-14-3-1-2-4-15(14)13-18/h1-13,21H,(H,20,22). The van der Waals surface area contributed by atoms with Crippen molar-refractivity contribution in [2.75, 3.05) is 9.44 Å². The highest BCUT2D eigenvalue weighted by Gasteiger charge is 2.18. The van der Waals surface area contributed by atoms with Crippen molar-refractivity contribution in [2.24, 2.45) is 0 Å². The number of fused-ring (bicyclic) bond motifs is 1. The molecule has 3 aromatic carbocycles. The first-order valence-electron chi connectivity index (χ1n) is 8.37. The van der Waals surface area contributed by atoms with Crippen molar-refractivity contribution in [2.45, 2.75) is 9.79 Å². The average molecular weight is 446 g/mol. The Morgan fingerprint density at radius 1 is 0.724 bits per heavy atom. The van der Waals surface area contributed by atoms with Crippen molar-refractivity contribution in [1.82, 2.24) is 4.98 Å². The second-order valence-corrected chi connectivity index (χ2v) is 10.3. The number of hydrogen-bond donors (Lipinski definition) is 2. The van der Waals surface area contributed by atoms with E-state index in [0.717, 1.165) is 22.1 Å². The van der Waals surface area contributed by atoms with Crippen LogP contribution in [-0.4, -0.2) is 21.8 Å². The van der Waals surface area contributed by atoms with Crippen LogP contribution in [0.25, 0.3) is 10.8 Å². The van der Waals surface area contributed by atoms with Crippen molar-refractivity contribution >= 4 is 53.0 Å². The summed E-state index contributed by atoms with van der Waals surface area (Å²) in [6, 6.07) is 17.8. The predicted octanol–water partition coefficient (Wildman–Crippen LogP) is 3.90. The smallest absolute Gasteiger partial charge is 0.263 e. The zero-order valence-corrected chi connectivity index (χ0v) is 17.3. The fraction of sp³-hybridized carbons (Fsp3) is 0. The third-order valence-corrected chi connectivity index (χ3v) is 7.65. The van der Waals surface area contributed by atoms with E-state index in [4.69, 9.17) is 0 Å². The molecule has 0 fully saturated rings. The molecule has 0 spiro atoms. The second-order valence-electron chi connectivity index (χ2n) is 6.08. The van der Waals surface area contributed by atoms with E-state index >= 15 is 0 Å². The molecule has 0 aliphatic rings. The molecule has 1 aromatic heterocycles. The van der Waals surface area contributed by atoms with Gasteiger partial charge in [0, 0.05) is 17.3 Å². The number of hydrogen-bond acceptors (Lipinski definition) is 6. The average Bonchev–Trinajstić information content (AvgIpc) is 3.20. The number of thiazole rings is 1. The maximum atomic E-state index is 12.7. The van der Waals surface area contributed by atoms with E-state index in [1.165, 1.54) is 36.5 Å². The molecule has 0 saturated carbocycles. The van der Waals surface area contributed by atoms with E-state index in [9.17, 15) is 16.8 Å². The molecule has 10 heteroatoms. The summed E-state index contributed by atoms with van der Waals surface area (Å²) in [7, 11) is -7.62. The van der Waals surface area contributed by atoms with E-state index in [1.807, 2.05) is 24.3 Å². The normalized spacial score (nSPS) is 12.0. The molecule has 1 heterocycles. The molecule has 0 atom stereocenters. The summed E-state index contributed by atoms with van der Waals surface area (Å²) in [5.74, 6) is 0. The third kappa shape index (κ3) is 4.24. The van der Waals surface area contributed by atoms with Crippen LogP contribution in [0.2, 0.25) is 0 Å². The Kier molecular flexibility index (Phi) is 4.99. The van der Waals surface area contributed by atoms with Gasteiger partial charge in [-0.1, -0.05) is 30.3 Å². The lowest BCUT2D eigenvalue weighted by Gasteiger charge is -2.10. The lowest BCUT2D eigenvalue weighted by Crippen LogP contribution is -2.14. The molecule has 0 aliphatic heterocycles. The van der Waals surface area contributed by atoms with E-state index in [0.29, 0.717) is 0 Å². The van der Waals surface area contributed by atoms with Gasteiger partial charge in [-0.05, 0) is 47.2 Å². The molecule has 0 unspecified atom stereocenters. The van der Waals surface area contributed by atoms with Crippen LogP contribution in [0.4, 0.5) is 10.8 Å². The van der Waals surface area contributed by atoms with Crippen LogP contribution in [0.5, 0.6) is 0 Å². The SMILES string of the molecule is O=S(=O)(Nc1ccc(S(=O)(=O)Nc2nccs2)cc1)c1ccc2ccccc2c1. The van der Waals surface area contributed by atoms with Crippen LogP contribution in [0.1, 0.15) is 0 Å². The van der Waals surface area contributed by atoms with Crippen molar-refractivity contribution in [3.8, 4) is 0 Å². The number of rotatable bonds is 6. The molecule has 7 nitrogen and oxygen atoms in total. The topological polar surface area (TPSA) is 105 Å². The molecule has 148 valence electrons. The Morgan fingerprint density at radius 3 is 2.07 bits per heavy atom. The maximum Gasteiger partial charge on any atom is 0.263 e. The monoisotopic (exact) mass is 445 g/mol. The number of benzene rings is 3. The van der Waals surface area contributed by atoms with Gasteiger partial charge in [0.2, 0.25) is 0 Å². The Bertz CT molecular complexity index is 1370. The first-order valence-corrected chi connectivity index (χ1v) is 12.2. The Hall–Kier alpha value is -2.95. The van der Waals surface area contributed by atoms with Gasteiger partial charge in [0.05, 0.1) is 9.79 Å². The molecule has 2 N–H and O–H groups in total. The summed E-state index contributed by atoms with van der Waals surface area (Å²) >= 11 is 1.16. The second kappa shape index (κ2) is 7.47. The van der Waals surface area contributed by atoms with Gasteiger partial charge >= 0.3 is 0 Å². The number of nitrogens with one attached hydrogen (secondary N) is 2. The summed E-state index contributed by atoms with van der Waals surface area (Å²) in [6.45, 7) is 0. The van der Waals surface area contributed by atoms with Gasteiger partial charge in [-0.3, -0.25) is 9.44 Å². The van der Waals surface area contributed by atoms with Gasteiger partial charge in [0.25, 0.3) is 20.0 Å². The lowest BCUT2D eigenvalue weighted by molar-refractivity contribution is 0.600. The molecule has 4 aromatic rings. The van der Waals surface area contributed by atoms with E-state index in [-0.39, 0.29) is 20.6 Å². The quantitative estimate of drug-likeness (QED) is 0.468. The highest BCUT2D eigenvalue weighted by atomic mass is 32.2. The Balaban J connectivity index is 1.55. The number of sulfonamides is 2. The molecule has 4 rings (SSSR count). The highest BCUT2D eigenvalue weighted by Crippen LogP contribution is 2.23. The van der Waals surface area contributed by atoms with E-state index < -0.39 is 20.0 Å². The van der Waals surface area contributed by atoms with Crippen molar-refractivity contribution in [1.29, 1.82) is 0 Å². The number of nitrogens with zero attached hydrogens (tertiary/aromatic N) is 1. The highest BCUT2D eigenvalue weighted by molar-refractivity contribution is 7.93. The fourth-order valence-corrected chi connectivity index (χ4v) is 5.58. The van der Waals surface area contributed by atoms with Crippen LogP contribution >= 0.6 is 11.3 Å². The Labute approximate surface area is 172 Å². The first-order chi connectivity index (χ1) is 13.8. The zero-order valence-electron chi connectivity index (χ0n) is 14.8. The molecule has 0 amide bonds. The zero-order chi connectivity index (χ0) is 20.5. The fourth-order valence-electron chi connectivity index (χ4n) is 2.70. The van der Waals surface area contributed by atoms with Gasteiger partial charge in [-0.2, -0.15) is 0 Å². The van der Waals surface area contributed by atoms with Crippen LogP contribution in [-0.2, 0) is 20.0 Å². The molecule has 29 heavy (non-hydrogen) atoms. The largest absolute Gasteiger partial charge is 0.280 e. The maximum absolute atomic E-state index is 12.7. The summed E-state index contributed by atoms with van der Waals surface area (Å²) < 4.78 is 54.9. The lowest BCUT2D eigenvalue weighted by atomic mass is 10.1. The minimum absolute atomic E-state index is 0.00125. The van der Waals surface area contributed by atoms with Gasteiger partial charge < -0.3 is 0 Å². The molecule has 0 radical (unpaired) electrons. The number of anilines is 2. The van der Waals surface area contributed by atoms with Crippen molar-refractivity contribution in [3.63, 3.8) is 0 Å². The number of aromatic nitrogens is 1. The summed E-state index contributed by atoms with van der Waals surface area (Å²) in [4.78, 5) is 4.01. The van der Waals surface area contributed by atoms with E-state index in [2.05, 4.69) is 14.4 Å². The van der Waals surface area contributed by atoms with Crippen LogP contribution in [0.3, 0.4) is 0 Å². The summed E-state index contributed by atoms with van der Waals surface area (Å²) in [5.41, 5.74) is 0.256. The van der Waals surface area contributed by atoms with Gasteiger partial charge in [0.1, 0.15) is 0 Å². The molecular formula is C19H15N3O4S3. The van der Waals surface area contributed by atoms with Crippen LogP contribution in [0, 0.1) is 0 Å². The van der Waals surface area contributed by atoms with E-state index in [1.54, 1.807) is 17.5 Å². The van der Waals surface area contributed by atoms with Crippen LogP contribution in [0.15, 0.2) is 88.1 Å².